The lowest BCUT2D eigenvalue weighted by atomic mass is 10.3. The van der Waals surface area contributed by atoms with Crippen LogP contribution in [0.5, 0.6) is 0 Å². The van der Waals surface area contributed by atoms with E-state index in [-0.39, 0.29) is 28.3 Å². The number of nitrogen functional groups attached to an aromatic ring is 1. The average molecular weight is 390 g/mol. The molecule has 0 radical (unpaired) electrons. The van der Waals surface area contributed by atoms with Gasteiger partial charge in [0.2, 0.25) is 16.0 Å². The third-order valence-corrected chi connectivity index (χ3v) is 4.90. The van der Waals surface area contributed by atoms with Crippen LogP contribution in [0.3, 0.4) is 0 Å². The van der Waals surface area contributed by atoms with Crippen LogP contribution in [0.2, 0.25) is 0 Å². The van der Waals surface area contributed by atoms with Crippen molar-refractivity contribution in [2.45, 2.75) is 31.3 Å². The van der Waals surface area contributed by atoms with Gasteiger partial charge in [-0.25, -0.2) is 18.1 Å². The molecule has 1 heterocycles. The molecule has 0 unspecified atom stereocenters. The van der Waals surface area contributed by atoms with Gasteiger partial charge in [0.15, 0.2) is 0 Å². The first kappa shape index (κ1) is 20.6. The quantitative estimate of drug-likeness (QED) is 0.550. The smallest absolute Gasteiger partial charge is 0.240 e. The minimum absolute atomic E-state index is 0.0693. The Kier molecular flexibility index (Phi) is 7.06. The van der Waals surface area contributed by atoms with Crippen molar-refractivity contribution in [3.63, 3.8) is 0 Å². The van der Waals surface area contributed by atoms with E-state index in [1.165, 1.54) is 18.3 Å². The molecule has 4 N–H and O–H groups in total. The number of anilines is 3. The van der Waals surface area contributed by atoms with E-state index in [0.717, 1.165) is 0 Å². The van der Waals surface area contributed by atoms with Crippen LogP contribution in [-0.4, -0.2) is 37.6 Å². The van der Waals surface area contributed by atoms with Crippen molar-refractivity contribution < 1.29 is 13.2 Å². The fraction of sp³-hybridized carbons (Fsp3) is 0.353. The number of rotatable bonds is 9. The summed E-state index contributed by atoms with van der Waals surface area (Å²) in [5, 5.41) is 11.7. The van der Waals surface area contributed by atoms with Gasteiger partial charge in [-0.3, -0.25) is 0 Å². The molecule has 0 saturated carbocycles. The maximum absolute atomic E-state index is 12.3. The second kappa shape index (κ2) is 9.27. The van der Waals surface area contributed by atoms with E-state index >= 15 is 0 Å². The Labute approximate surface area is 158 Å². The van der Waals surface area contributed by atoms with Crippen LogP contribution in [0, 0.1) is 11.3 Å². The summed E-state index contributed by atoms with van der Waals surface area (Å²) in [6, 6.07) is 8.01. The number of benzene rings is 1. The van der Waals surface area contributed by atoms with E-state index in [1.54, 1.807) is 12.1 Å². The van der Waals surface area contributed by atoms with Gasteiger partial charge in [0.1, 0.15) is 17.5 Å². The first-order valence-electron chi connectivity index (χ1n) is 8.33. The Hall–Kier alpha value is -2.74. The first-order valence-corrected chi connectivity index (χ1v) is 9.81. The molecule has 2 rings (SSSR count). The molecule has 0 fully saturated rings. The number of nitrogens with one attached hydrogen (secondary N) is 2. The van der Waals surface area contributed by atoms with E-state index in [0.29, 0.717) is 25.3 Å². The lowest BCUT2D eigenvalue weighted by molar-refractivity contribution is 0.0778. The lowest BCUT2D eigenvalue weighted by Gasteiger charge is -2.10. The molecule has 1 aromatic heterocycles. The van der Waals surface area contributed by atoms with Crippen molar-refractivity contribution in [1.82, 2.24) is 14.7 Å². The molecule has 1 aromatic carbocycles. The summed E-state index contributed by atoms with van der Waals surface area (Å²) in [5.74, 6) is 0.283. The van der Waals surface area contributed by atoms with Gasteiger partial charge in [0.25, 0.3) is 0 Å². The van der Waals surface area contributed by atoms with Crippen molar-refractivity contribution >= 4 is 27.5 Å². The SMILES string of the molecule is CC(C)OCCCNS(=O)(=O)c1ccc(Nc2ncc(C#N)c(N)n2)cc1. The summed E-state index contributed by atoms with van der Waals surface area (Å²) in [5.41, 5.74) is 6.41. The number of hydrogen-bond donors (Lipinski definition) is 3. The fourth-order valence-electron chi connectivity index (χ4n) is 2.07. The number of ether oxygens (including phenoxy) is 1. The molecule has 27 heavy (non-hydrogen) atoms. The van der Waals surface area contributed by atoms with E-state index in [9.17, 15) is 8.42 Å². The molecule has 0 aliphatic rings. The molecular weight excluding hydrogens is 368 g/mol. The number of nitrogens with two attached hydrogens (primary N) is 1. The maximum Gasteiger partial charge on any atom is 0.240 e. The molecule has 0 aliphatic carbocycles. The predicted molar refractivity (Wildman–Crippen MR) is 102 cm³/mol. The Balaban J connectivity index is 1.95. The van der Waals surface area contributed by atoms with Gasteiger partial charge in [-0.05, 0) is 44.5 Å². The van der Waals surface area contributed by atoms with Gasteiger partial charge in [-0.15, -0.1) is 0 Å². The molecular formula is C17H22N6O3S. The van der Waals surface area contributed by atoms with Crippen molar-refractivity contribution in [1.29, 1.82) is 5.26 Å². The van der Waals surface area contributed by atoms with Crippen LogP contribution in [0.1, 0.15) is 25.8 Å². The summed E-state index contributed by atoms with van der Waals surface area (Å²) < 4.78 is 32.5. The van der Waals surface area contributed by atoms with Crippen molar-refractivity contribution in [2.75, 3.05) is 24.2 Å². The van der Waals surface area contributed by atoms with Gasteiger partial charge in [-0.2, -0.15) is 10.2 Å². The molecule has 0 spiro atoms. The summed E-state index contributed by atoms with van der Waals surface area (Å²) in [6.45, 7) is 4.65. The standard InChI is InChI=1S/C17H22N6O3S/c1-12(2)26-9-3-8-21-27(24,25)15-6-4-14(5-7-15)22-17-20-11-13(10-18)16(19)23-17/h4-7,11-12,21H,3,8-9H2,1-2H3,(H3,19,20,22,23). The second-order valence-electron chi connectivity index (χ2n) is 5.92. The highest BCUT2D eigenvalue weighted by atomic mass is 32.2. The average Bonchev–Trinajstić information content (AvgIpc) is 2.62. The molecule has 0 atom stereocenters. The normalized spacial score (nSPS) is 11.3. The third-order valence-electron chi connectivity index (χ3n) is 3.42. The lowest BCUT2D eigenvalue weighted by Crippen LogP contribution is -2.25. The molecule has 9 nitrogen and oxygen atoms in total. The highest BCUT2D eigenvalue weighted by Gasteiger charge is 2.13. The first-order chi connectivity index (χ1) is 12.8. The summed E-state index contributed by atoms with van der Waals surface area (Å²) in [6.07, 6.45) is 2.03. The van der Waals surface area contributed by atoms with Crippen LogP contribution in [0.15, 0.2) is 35.4 Å². The van der Waals surface area contributed by atoms with Gasteiger partial charge in [0.05, 0.1) is 17.2 Å². The topological polar surface area (TPSA) is 143 Å². The predicted octanol–water partition coefficient (Wildman–Crippen LogP) is 1.77. The fourth-order valence-corrected chi connectivity index (χ4v) is 3.14. The summed E-state index contributed by atoms with van der Waals surface area (Å²) in [4.78, 5) is 8.10. The Morgan fingerprint density at radius 2 is 2.00 bits per heavy atom. The number of sulfonamides is 1. The Bertz CT molecular complexity index is 907. The largest absolute Gasteiger partial charge is 0.382 e. The monoisotopic (exact) mass is 390 g/mol. The molecule has 0 aliphatic heterocycles. The van der Waals surface area contributed by atoms with Crippen LogP contribution < -0.4 is 15.8 Å². The van der Waals surface area contributed by atoms with Gasteiger partial charge >= 0.3 is 0 Å². The Morgan fingerprint density at radius 3 is 2.59 bits per heavy atom. The van der Waals surface area contributed by atoms with Crippen LogP contribution in [-0.2, 0) is 14.8 Å². The van der Waals surface area contributed by atoms with Gasteiger partial charge in [-0.1, -0.05) is 0 Å². The highest BCUT2D eigenvalue weighted by Crippen LogP contribution is 2.18. The molecule has 0 bridgehead atoms. The molecule has 0 saturated heterocycles. The van der Waals surface area contributed by atoms with Gasteiger partial charge in [0, 0.05) is 18.8 Å². The number of aromatic nitrogens is 2. The summed E-state index contributed by atoms with van der Waals surface area (Å²) >= 11 is 0. The molecule has 144 valence electrons. The minimum Gasteiger partial charge on any atom is -0.382 e. The Morgan fingerprint density at radius 1 is 1.30 bits per heavy atom. The zero-order valence-electron chi connectivity index (χ0n) is 15.1. The van der Waals surface area contributed by atoms with Crippen molar-refractivity contribution in [3.8, 4) is 6.07 Å². The second-order valence-corrected chi connectivity index (χ2v) is 7.69. The van der Waals surface area contributed by atoms with Gasteiger partial charge < -0.3 is 15.8 Å². The number of nitriles is 1. The van der Waals surface area contributed by atoms with Crippen LogP contribution >= 0.6 is 0 Å². The van der Waals surface area contributed by atoms with Crippen molar-refractivity contribution in [2.24, 2.45) is 0 Å². The maximum atomic E-state index is 12.3. The molecule has 10 heteroatoms. The molecule has 0 amide bonds. The zero-order valence-corrected chi connectivity index (χ0v) is 16.0. The van der Waals surface area contributed by atoms with E-state index in [2.05, 4.69) is 20.0 Å². The third kappa shape index (κ3) is 6.18. The summed E-state index contributed by atoms with van der Waals surface area (Å²) in [7, 11) is -3.59. The van der Waals surface area contributed by atoms with Crippen LogP contribution in [0.4, 0.5) is 17.5 Å². The molecule has 2 aromatic rings. The zero-order chi connectivity index (χ0) is 19.9. The van der Waals surface area contributed by atoms with Crippen LogP contribution in [0.25, 0.3) is 0 Å². The number of hydrogen-bond acceptors (Lipinski definition) is 8. The van der Waals surface area contributed by atoms with Crippen molar-refractivity contribution in [3.05, 3.63) is 36.0 Å². The van der Waals surface area contributed by atoms with E-state index in [4.69, 9.17) is 15.7 Å². The minimum atomic E-state index is -3.59. The number of nitrogens with zero attached hydrogens (tertiary/aromatic N) is 3. The van der Waals surface area contributed by atoms with E-state index < -0.39 is 10.0 Å². The van der Waals surface area contributed by atoms with E-state index in [1.807, 2.05) is 19.9 Å². The highest BCUT2D eigenvalue weighted by molar-refractivity contribution is 7.89.